The Hall–Kier alpha value is -3.50. The minimum atomic E-state index is -0.728. The number of carbonyl (C=O) groups is 2. The first-order chi connectivity index (χ1) is 15.1. The lowest BCUT2D eigenvalue weighted by Gasteiger charge is -2.27. The van der Waals surface area contributed by atoms with E-state index < -0.39 is 12.1 Å². The quantitative estimate of drug-likeness (QED) is 0.624. The van der Waals surface area contributed by atoms with E-state index >= 15 is 0 Å². The average molecular weight is 421 g/mol. The Kier molecular flexibility index (Phi) is 7.91. The van der Waals surface area contributed by atoms with E-state index in [0.29, 0.717) is 37.2 Å². The lowest BCUT2D eigenvalue weighted by Crippen LogP contribution is -2.51. The molecule has 0 aliphatic carbocycles. The van der Waals surface area contributed by atoms with Crippen molar-refractivity contribution in [2.24, 2.45) is 0 Å². The molecule has 1 aliphatic rings. The molecular weight excluding hydrogens is 394 g/mol. The van der Waals surface area contributed by atoms with Crippen LogP contribution >= 0.6 is 0 Å². The summed E-state index contributed by atoms with van der Waals surface area (Å²) in [5.41, 5.74) is 1.44. The van der Waals surface area contributed by atoms with Crippen molar-refractivity contribution in [1.29, 1.82) is 0 Å². The predicted octanol–water partition coefficient (Wildman–Crippen LogP) is 2.16. The van der Waals surface area contributed by atoms with Crippen molar-refractivity contribution in [2.45, 2.75) is 31.5 Å². The molecule has 0 radical (unpaired) electrons. The maximum absolute atomic E-state index is 12.7. The van der Waals surface area contributed by atoms with Gasteiger partial charge in [-0.15, -0.1) is 6.42 Å². The smallest absolute Gasteiger partial charge is 0.317 e. The molecule has 162 valence electrons. The molecule has 1 saturated heterocycles. The molecule has 3 rings (SSSR count). The SMILES string of the molecule is C#CCOc1ccc(C(=O)N[C@@H]2CN(C(=O)NCc3ccccc3)CCC[C@H]2O)cc1. The van der Waals surface area contributed by atoms with Crippen LogP contribution in [0.2, 0.25) is 0 Å². The van der Waals surface area contributed by atoms with Gasteiger partial charge >= 0.3 is 6.03 Å². The highest BCUT2D eigenvalue weighted by atomic mass is 16.5. The highest BCUT2D eigenvalue weighted by Crippen LogP contribution is 2.15. The van der Waals surface area contributed by atoms with Gasteiger partial charge in [-0.05, 0) is 42.7 Å². The topological polar surface area (TPSA) is 90.9 Å². The van der Waals surface area contributed by atoms with Gasteiger partial charge in [0, 0.05) is 25.2 Å². The molecule has 0 spiro atoms. The maximum atomic E-state index is 12.7. The van der Waals surface area contributed by atoms with Crippen LogP contribution < -0.4 is 15.4 Å². The summed E-state index contributed by atoms with van der Waals surface area (Å²) in [5.74, 6) is 2.64. The normalized spacial score (nSPS) is 18.4. The van der Waals surface area contributed by atoms with Crippen molar-refractivity contribution in [3.05, 3.63) is 65.7 Å². The van der Waals surface area contributed by atoms with E-state index in [1.165, 1.54) is 0 Å². The largest absolute Gasteiger partial charge is 0.481 e. The number of benzene rings is 2. The summed E-state index contributed by atoms with van der Waals surface area (Å²) in [4.78, 5) is 27.0. The Morgan fingerprint density at radius 2 is 1.90 bits per heavy atom. The number of aliphatic hydroxyl groups is 1. The van der Waals surface area contributed by atoms with Gasteiger partial charge in [-0.1, -0.05) is 36.3 Å². The molecule has 3 amide bonds. The fourth-order valence-electron chi connectivity index (χ4n) is 3.43. The molecule has 1 fully saturated rings. The third kappa shape index (κ3) is 6.49. The number of hydrogen-bond donors (Lipinski definition) is 3. The minimum absolute atomic E-state index is 0.155. The molecular formula is C24H27N3O4. The lowest BCUT2D eigenvalue weighted by molar-refractivity contribution is 0.0809. The first kappa shape index (κ1) is 22.2. The number of aliphatic hydroxyl groups excluding tert-OH is 1. The first-order valence-electron chi connectivity index (χ1n) is 10.3. The van der Waals surface area contributed by atoms with E-state index in [2.05, 4.69) is 16.6 Å². The van der Waals surface area contributed by atoms with Crippen LogP contribution in [0.4, 0.5) is 4.79 Å². The molecule has 0 bridgehead atoms. The number of likely N-dealkylation sites (tertiary alicyclic amines) is 1. The number of hydrogen-bond acceptors (Lipinski definition) is 4. The molecule has 2 aromatic carbocycles. The molecule has 3 N–H and O–H groups in total. The van der Waals surface area contributed by atoms with Gasteiger partial charge in [0.15, 0.2) is 0 Å². The van der Waals surface area contributed by atoms with Gasteiger partial charge in [0.1, 0.15) is 12.4 Å². The van der Waals surface area contributed by atoms with Gasteiger partial charge in [-0.25, -0.2) is 4.79 Å². The highest BCUT2D eigenvalue weighted by Gasteiger charge is 2.29. The Bertz CT molecular complexity index is 909. The monoisotopic (exact) mass is 421 g/mol. The van der Waals surface area contributed by atoms with Crippen molar-refractivity contribution in [1.82, 2.24) is 15.5 Å². The summed E-state index contributed by atoms with van der Waals surface area (Å²) in [6.45, 7) is 1.33. The first-order valence-corrected chi connectivity index (χ1v) is 10.3. The molecule has 1 aliphatic heterocycles. The van der Waals surface area contributed by atoms with E-state index in [9.17, 15) is 14.7 Å². The lowest BCUT2D eigenvalue weighted by atomic mass is 10.1. The van der Waals surface area contributed by atoms with E-state index in [-0.39, 0.29) is 25.1 Å². The molecule has 0 unspecified atom stereocenters. The summed E-state index contributed by atoms with van der Waals surface area (Å²) in [7, 11) is 0. The number of rotatable bonds is 6. The highest BCUT2D eigenvalue weighted by molar-refractivity contribution is 5.94. The van der Waals surface area contributed by atoms with Gasteiger partial charge < -0.3 is 25.4 Å². The fraction of sp³-hybridized carbons (Fsp3) is 0.333. The zero-order valence-corrected chi connectivity index (χ0v) is 17.3. The van der Waals surface area contributed by atoms with Crippen LogP contribution in [0.15, 0.2) is 54.6 Å². The maximum Gasteiger partial charge on any atom is 0.317 e. The van der Waals surface area contributed by atoms with Gasteiger partial charge in [0.2, 0.25) is 0 Å². The van der Waals surface area contributed by atoms with Crippen LogP contribution in [0.25, 0.3) is 0 Å². The van der Waals surface area contributed by atoms with Crippen LogP contribution in [0, 0.1) is 12.3 Å². The van der Waals surface area contributed by atoms with Crippen molar-refractivity contribution >= 4 is 11.9 Å². The summed E-state index contributed by atoms with van der Waals surface area (Å²) in [5, 5.41) is 16.2. The van der Waals surface area contributed by atoms with E-state index in [0.717, 1.165) is 5.56 Å². The number of urea groups is 1. The summed E-state index contributed by atoms with van der Waals surface area (Å²) < 4.78 is 5.31. The molecule has 0 saturated carbocycles. The molecule has 31 heavy (non-hydrogen) atoms. The summed E-state index contributed by atoms with van der Waals surface area (Å²) in [6, 6.07) is 15.5. The Balaban J connectivity index is 1.58. The van der Waals surface area contributed by atoms with Crippen molar-refractivity contribution < 1.29 is 19.4 Å². The Morgan fingerprint density at radius 3 is 2.61 bits per heavy atom. The molecule has 7 nitrogen and oxygen atoms in total. The second kappa shape index (κ2) is 11.0. The second-order valence-corrected chi connectivity index (χ2v) is 7.40. The van der Waals surface area contributed by atoms with Crippen LogP contribution in [0.5, 0.6) is 5.75 Å². The van der Waals surface area contributed by atoms with Gasteiger partial charge in [-0.3, -0.25) is 4.79 Å². The van der Waals surface area contributed by atoms with Gasteiger partial charge in [0.25, 0.3) is 5.91 Å². The number of ether oxygens (including phenoxy) is 1. The van der Waals surface area contributed by atoms with Crippen LogP contribution in [-0.4, -0.2) is 53.8 Å². The van der Waals surface area contributed by atoms with Gasteiger partial charge in [-0.2, -0.15) is 0 Å². The molecule has 2 aromatic rings. The molecule has 7 heteroatoms. The zero-order chi connectivity index (χ0) is 22.1. The number of terminal acetylenes is 1. The van der Waals surface area contributed by atoms with Gasteiger partial charge in [0.05, 0.1) is 12.1 Å². The van der Waals surface area contributed by atoms with Crippen molar-refractivity contribution in [2.75, 3.05) is 19.7 Å². The number of nitrogens with zero attached hydrogens (tertiary/aromatic N) is 1. The average Bonchev–Trinajstić information content (AvgIpc) is 2.98. The molecule has 1 heterocycles. The molecule has 0 aromatic heterocycles. The fourth-order valence-corrected chi connectivity index (χ4v) is 3.43. The standard InChI is InChI=1S/C24H27N3O4/c1-2-15-31-20-12-10-19(11-13-20)23(29)26-21-17-27(14-6-9-22(21)28)24(30)25-16-18-7-4-3-5-8-18/h1,3-5,7-8,10-13,21-22,28H,6,9,14-17H2,(H,25,30)(H,26,29)/t21-,22-/m1/s1. The Labute approximate surface area is 182 Å². The molecule has 2 atom stereocenters. The predicted molar refractivity (Wildman–Crippen MR) is 118 cm³/mol. The minimum Gasteiger partial charge on any atom is -0.481 e. The third-order valence-corrected chi connectivity index (χ3v) is 5.14. The van der Waals surface area contributed by atoms with Crippen LogP contribution in [-0.2, 0) is 6.54 Å². The van der Waals surface area contributed by atoms with Crippen molar-refractivity contribution in [3.63, 3.8) is 0 Å². The van der Waals surface area contributed by atoms with Crippen LogP contribution in [0.3, 0.4) is 0 Å². The van der Waals surface area contributed by atoms with Crippen LogP contribution in [0.1, 0.15) is 28.8 Å². The third-order valence-electron chi connectivity index (χ3n) is 5.14. The number of amides is 3. The number of carbonyl (C=O) groups excluding carboxylic acids is 2. The summed E-state index contributed by atoms with van der Waals surface area (Å²) >= 11 is 0. The van der Waals surface area contributed by atoms with E-state index in [4.69, 9.17) is 11.2 Å². The van der Waals surface area contributed by atoms with Crippen molar-refractivity contribution in [3.8, 4) is 18.1 Å². The van der Waals surface area contributed by atoms with E-state index in [1.54, 1.807) is 29.2 Å². The summed E-state index contributed by atoms with van der Waals surface area (Å²) in [6.07, 6.45) is 5.61. The Morgan fingerprint density at radius 1 is 1.16 bits per heavy atom. The number of nitrogens with one attached hydrogen (secondary N) is 2. The zero-order valence-electron chi connectivity index (χ0n) is 17.3. The van der Waals surface area contributed by atoms with E-state index in [1.807, 2.05) is 30.3 Å². The second-order valence-electron chi connectivity index (χ2n) is 7.40.